The highest BCUT2D eigenvalue weighted by molar-refractivity contribution is 5.57. The summed E-state index contributed by atoms with van der Waals surface area (Å²) in [4.78, 5) is 21.1. The van der Waals surface area contributed by atoms with Crippen LogP contribution >= 0.6 is 0 Å². The minimum atomic E-state index is -0.211. The second-order valence-electron chi connectivity index (χ2n) is 5.03. The Morgan fingerprint density at radius 1 is 1.19 bits per heavy atom. The van der Waals surface area contributed by atoms with Crippen LogP contribution in [0.25, 0.3) is 17.2 Å². The maximum atomic E-state index is 12.4. The number of aliphatic hydroxyl groups is 1. The van der Waals surface area contributed by atoms with Crippen LogP contribution in [0.5, 0.6) is 0 Å². The molecule has 108 valence electrons. The van der Waals surface area contributed by atoms with Crippen molar-refractivity contribution >= 4 is 5.78 Å². The molecule has 2 N–H and O–H groups in total. The molecule has 6 heteroatoms. The summed E-state index contributed by atoms with van der Waals surface area (Å²) in [6, 6.07) is 7.86. The predicted octanol–water partition coefficient (Wildman–Crippen LogP) is 1.24. The molecular weight excluding hydrogens is 268 g/mol. The smallest absolute Gasteiger partial charge is 0.277 e. The zero-order valence-electron chi connectivity index (χ0n) is 11.9. The Labute approximate surface area is 121 Å². The number of aryl methyl sites for hydroxylation is 2. The highest BCUT2D eigenvalue weighted by Crippen LogP contribution is 2.16. The minimum Gasteiger partial charge on any atom is -0.396 e. The third-order valence-corrected chi connectivity index (χ3v) is 3.48. The molecule has 0 saturated heterocycles. The van der Waals surface area contributed by atoms with Crippen molar-refractivity contribution in [2.45, 2.75) is 20.3 Å². The number of fused-ring (bicyclic) bond motifs is 1. The number of aromatic amines is 1. The standard InChI is InChI=1S/C15H16N4O2/c1-9-3-5-11(6-4-9)13-17-15-16-10(2)12(7-8-20)14(21)19(15)18-13/h3-6,20H,7-8H2,1-2H3,(H,16,17,18). The van der Waals surface area contributed by atoms with Crippen LogP contribution in [0.15, 0.2) is 29.1 Å². The molecule has 0 aliphatic heterocycles. The van der Waals surface area contributed by atoms with Gasteiger partial charge in [-0.2, -0.15) is 9.50 Å². The number of nitrogens with one attached hydrogen (secondary N) is 1. The van der Waals surface area contributed by atoms with E-state index in [0.29, 0.717) is 29.3 Å². The number of H-pyrrole nitrogens is 1. The molecule has 2 heterocycles. The Bertz CT molecular complexity index is 846. The zero-order valence-corrected chi connectivity index (χ0v) is 11.9. The van der Waals surface area contributed by atoms with Gasteiger partial charge in [0.05, 0.1) is 5.69 Å². The lowest BCUT2D eigenvalue weighted by Gasteiger charge is -2.01. The van der Waals surface area contributed by atoms with Gasteiger partial charge in [0, 0.05) is 24.2 Å². The molecule has 0 amide bonds. The number of nitrogens with zero attached hydrogens (tertiary/aromatic N) is 3. The molecule has 0 radical (unpaired) electrons. The first-order valence-electron chi connectivity index (χ1n) is 6.76. The third kappa shape index (κ3) is 2.34. The fourth-order valence-electron chi connectivity index (χ4n) is 2.29. The molecule has 0 fully saturated rings. The molecule has 21 heavy (non-hydrogen) atoms. The minimum absolute atomic E-state index is 0.0806. The van der Waals surface area contributed by atoms with Crippen LogP contribution in [0, 0.1) is 13.8 Å². The Kier molecular flexibility index (Phi) is 3.31. The van der Waals surface area contributed by atoms with Crippen LogP contribution in [0.2, 0.25) is 0 Å². The highest BCUT2D eigenvalue weighted by Gasteiger charge is 2.13. The largest absolute Gasteiger partial charge is 0.396 e. The Balaban J connectivity index is 2.18. The van der Waals surface area contributed by atoms with Crippen molar-refractivity contribution in [3.8, 4) is 11.4 Å². The van der Waals surface area contributed by atoms with Crippen molar-refractivity contribution in [2.24, 2.45) is 0 Å². The lowest BCUT2D eigenvalue weighted by atomic mass is 10.1. The average molecular weight is 284 g/mol. The number of hydrogen-bond donors (Lipinski definition) is 2. The Morgan fingerprint density at radius 3 is 2.57 bits per heavy atom. The van der Waals surface area contributed by atoms with Gasteiger partial charge < -0.3 is 5.11 Å². The quantitative estimate of drug-likeness (QED) is 0.758. The molecule has 0 bridgehead atoms. The summed E-state index contributed by atoms with van der Waals surface area (Å²) >= 11 is 0. The van der Waals surface area contributed by atoms with Gasteiger partial charge in [-0.15, -0.1) is 0 Å². The van der Waals surface area contributed by atoms with Gasteiger partial charge in [0.1, 0.15) is 0 Å². The molecule has 6 nitrogen and oxygen atoms in total. The highest BCUT2D eigenvalue weighted by atomic mass is 16.3. The van der Waals surface area contributed by atoms with Gasteiger partial charge >= 0.3 is 0 Å². The number of aromatic nitrogens is 4. The van der Waals surface area contributed by atoms with Crippen LogP contribution in [-0.4, -0.2) is 31.3 Å². The van der Waals surface area contributed by atoms with E-state index >= 15 is 0 Å². The lowest BCUT2D eigenvalue weighted by Crippen LogP contribution is -2.22. The number of rotatable bonds is 3. The second kappa shape index (κ2) is 5.14. The average Bonchev–Trinajstić information content (AvgIpc) is 2.88. The molecule has 3 aromatic rings. The van der Waals surface area contributed by atoms with Crippen LogP contribution in [-0.2, 0) is 6.42 Å². The summed E-state index contributed by atoms with van der Waals surface area (Å²) in [6.07, 6.45) is 0.291. The van der Waals surface area contributed by atoms with E-state index in [0.717, 1.165) is 11.1 Å². The van der Waals surface area contributed by atoms with E-state index in [2.05, 4.69) is 15.1 Å². The van der Waals surface area contributed by atoms with Gasteiger partial charge in [-0.1, -0.05) is 29.8 Å². The first-order valence-corrected chi connectivity index (χ1v) is 6.76. The van der Waals surface area contributed by atoms with E-state index < -0.39 is 0 Å². The molecule has 0 atom stereocenters. The van der Waals surface area contributed by atoms with Crippen molar-refractivity contribution in [1.82, 2.24) is 19.6 Å². The molecule has 0 aliphatic carbocycles. The number of benzene rings is 1. The fourth-order valence-corrected chi connectivity index (χ4v) is 2.29. The zero-order chi connectivity index (χ0) is 15.0. The van der Waals surface area contributed by atoms with Gasteiger partial charge in [-0.3, -0.25) is 9.89 Å². The van der Waals surface area contributed by atoms with E-state index in [4.69, 9.17) is 5.11 Å². The van der Waals surface area contributed by atoms with E-state index in [1.807, 2.05) is 31.2 Å². The van der Waals surface area contributed by atoms with Gasteiger partial charge in [0.25, 0.3) is 11.3 Å². The van der Waals surface area contributed by atoms with Crippen molar-refractivity contribution in [3.63, 3.8) is 0 Å². The van der Waals surface area contributed by atoms with Crippen LogP contribution < -0.4 is 5.56 Å². The lowest BCUT2D eigenvalue weighted by molar-refractivity contribution is 0.298. The molecule has 3 rings (SSSR count). The molecule has 2 aromatic heterocycles. The molecule has 0 aliphatic rings. The van der Waals surface area contributed by atoms with E-state index in [9.17, 15) is 4.79 Å². The SMILES string of the molecule is Cc1ccc(-c2nc3nc(C)c(CCO)c(=O)n3[nH]2)cc1. The van der Waals surface area contributed by atoms with E-state index in [-0.39, 0.29) is 12.2 Å². The Morgan fingerprint density at radius 2 is 1.90 bits per heavy atom. The van der Waals surface area contributed by atoms with Crippen LogP contribution in [0.1, 0.15) is 16.8 Å². The number of hydrogen-bond acceptors (Lipinski definition) is 4. The second-order valence-corrected chi connectivity index (χ2v) is 5.03. The maximum absolute atomic E-state index is 12.4. The molecule has 1 aromatic carbocycles. The van der Waals surface area contributed by atoms with Crippen molar-refractivity contribution in [3.05, 3.63) is 51.4 Å². The maximum Gasteiger partial charge on any atom is 0.277 e. The summed E-state index contributed by atoms with van der Waals surface area (Å²) in [7, 11) is 0. The van der Waals surface area contributed by atoms with E-state index in [1.165, 1.54) is 4.52 Å². The van der Waals surface area contributed by atoms with Gasteiger partial charge in [0.15, 0.2) is 5.82 Å². The Hall–Kier alpha value is -2.47. The van der Waals surface area contributed by atoms with Crippen LogP contribution in [0.3, 0.4) is 0 Å². The summed E-state index contributed by atoms with van der Waals surface area (Å²) in [5, 5.41) is 12.0. The first-order chi connectivity index (χ1) is 10.1. The van der Waals surface area contributed by atoms with Crippen molar-refractivity contribution in [1.29, 1.82) is 0 Å². The van der Waals surface area contributed by atoms with Gasteiger partial charge in [-0.25, -0.2) is 4.98 Å². The predicted molar refractivity (Wildman–Crippen MR) is 79.3 cm³/mol. The monoisotopic (exact) mass is 284 g/mol. The topological polar surface area (TPSA) is 83.3 Å². The van der Waals surface area contributed by atoms with Crippen LogP contribution in [0.4, 0.5) is 0 Å². The molecular formula is C15H16N4O2. The molecule has 0 unspecified atom stereocenters. The first kappa shape index (κ1) is 13.5. The van der Waals surface area contributed by atoms with Gasteiger partial charge in [-0.05, 0) is 13.8 Å². The third-order valence-electron chi connectivity index (χ3n) is 3.48. The molecule has 0 saturated carbocycles. The summed E-state index contributed by atoms with van der Waals surface area (Å²) in [6.45, 7) is 3.69. The summed E-state index contributed by atoms with van der Waals surface area (Å²) in [5.41, 5.74) is 2.96. The molecule has 0 spiro atoms. The van der Waals surface area contributed by atoms with E-state index in [1.54, 1.807) is 6.92 Å². The normalized spacial score (nSPS) is 11.2. The van der Waals surface area contributed by atoms with Crippen molar-refractivity contribution < 1.29 is 5.11 Å². The summed E-state index contributed by atoms with van der Waals surface area (Å²) in [5.74, 6) is 0.940. The summed E-state index contributed by atoms with van der Waals surface area (Å²) < 4.78 is 1.33. The van der Waals surface area contributed by atoms with Gasteiger partial charge in [0.2, 0.25) is 0 Å². The fraction of sp³-hybridized carbons (Fsp3) is 0.267. The number of aliphatic hydroxyl groups excluding tert-OH is 1. The van der Waals surface area contributed by atoms with Crippen molar-refractivity contribution in [2.75, 3.05) is 6.61 Å².